The average Bonchev–Trinajstić information content (AvgIpc) is 2.92. The molecule has 2 bridgehead atoms. The number of aliphatic hydroxyl groups excluding tert-OH is 1. The van der Waals surface area contributed by atoms with Crippen LogP contribution in [0.2, 0.25) is 0 Å². The topological polar surface area (TPSA) is 20.2 Å². The van der Waals surface area contributed by atoms with Crippen LogP contribution in [0.5, 0.6) is 0 Å². The Hall–Kier alpha value is -0.0400. The second-order valence-electron chi connectivity index (χ2n) is 7.40. The third kappa shape index (κ3) is 2.28. The van der Waals surface area contributed by atoms with Gasteiger partial charge in [0, 0.05) is 0 Å². The molecule has 3 aliphatic rings. The van der Waals surface area contributed by atoms with E-state index >= 15 is 0 Å². The molecule has 3 rings (SSSR count). The highest BCUT2D eigenvalue weighted by molar-refractivity contribution is 4.94. The van der Waals surface area contributed by atoms with E-state index in [9.17, 15) is 5.11 Å². The maximum atomic E-state index is 10.6. The third-order valence-corrected chi connectivity index (χ3v) is 6.21. The van der Waals surface area contributed by atoms with E-state index in [2.05, 4.69) is 6.92 Å². The van der Waals surface area contributed by atoms with Gasteiger partial charge in [-0.2, -0.15) is 0 Å². The van der Waals surface area contributed by atoms with Crippen LogP contribution >= 0.6 is 0 Å². The van der Waals surface area contributed by atoms with Crippen molar-refractivity contribution in [3.05, 3.63) is 0 Å². The van der Waals surface area contributed by atoms with E-state index in [0.717, 1.165) is 24.2 Å². The summed E-state index contributed by atoms with van der Waals surface area (Å²) in [5, 5.41) is 10.6. The molecule has 0 heterocycles. The minimum Gasteiger partial charge on any atom is -0.393 e. The van der Waals surface area contributed by atoms with Gasteiger partial charge >= 0.3 is 0 Å². The number of rotatable bonds is 3. The molecule has 3 fully saturated rings. The molecule has 98 valence electrons. The standard InChI is InChI=1S/C16H28O/c1-16(7-3-2-4-8-16)15(17)11-14-10-12-5-6-13(14)9-12/h12-15,17H,2-11H2,1H3. The fourth-order valence-corrected chi connectivity index (χ4v) is 4.93. The van der Waals surface area contributed by atoms with Gasteiger partial charge in [0.15, 0.2) is 0 Å². The summed E-state index contributed by atoms with van der Waals surface area (Å²) in [6.45, 7) is 2.34. The molecule has 0 aliphatic heterocycles. The van der Waals surface area contributed by atoms with E-state index in [0.29, 0.717) is 0 Å². The van der Waals surface area contributed by atoms with Crippen LogP contribution in [-0.2, 0) is 0 Å². The van der Waals surface area contributed by atoms with E-state index in [1.54, 1.807) is 0 Å². The lowest BCUT2D eigenvalue weighted by Crippen LogP contribution is -2.36. The van der Waals surface area contributed by atoms with Gasteiger partial charge in [-0.1, -0.05) is 32.6 Å². The molecule has 0 radical (unpaired) electrons. The molecule has 17 heavy (non-hydrogen) atoms. The first-order chi connectivity index (χ1) is 8.17. The van der Waals surface area contributed by atoms with Crippen LogP contribution in [0.4, 0.5) is 0 Å². The Morgan fingerprint density at radius 1 is 1.12 bits per heavy atom. The van der Waals surface area contributed by atoms with E-state index in [1.165, 1.54) is 57.8 Å². The van der Waals surface area contributed by atoms with Gasteiger partial charge in [-0.3, -0.25) is 0 Å². The first-order valence-electron chi connectivity index (χ1n) is 7.85. The fourth-order valence-electron chi connectivity index (χ4n) is 4.93. The van der Waals surface area contributed by atoms with E-state index in [4.69, 9.17) is 0 Å². The molecule has 4 atom stereocenters. The molecule has 0 saturated heterocycles. The number of hydrogen-bond acceptors (Lipinski definition) is 1. The largest absolute Gasteiger partial charge is 0.393 e. The Morgan fingerprint density at radius 2 is 1.88 bits per heavy atom. The van der Waals surface area contributed by atoms with Crippen molar-refractivity contribution >= 4 is 0 Å². The Kier molecular flexibility index (Phi) is 3.23. The van der Waals surface area contributed by atoms with E-state index < -0.39 is 0 Å². The lowest BCUT2D eigenvalue weighted by atomic mass is 9.68. The predicted molar refractivity (Wildman–Crippen MR) is 70.8 cm³/mol. The van der Waals surface area contributed by atoms with Gasteiger partial charge in [0.25, 0.3) is 0 Å². The molecule has 0 aromatic heterocycles. The van der Waals surface area contributed by atoms with Crippen LogP contribution < -0.4 is 0 Å². The zero-order chi connectivity index (χ0) is 11.9. The molecule has 1 heteroatoms. The van der Waals surface area contributed by atoms with Crippen LogP contribution in [-0.4, -0.2) is 11.2 Å². The molecule has 3 saturated carbocycles. The number of fused-ring (bicyclic) bond motifs is 2. The fraction of sp³-hybridized carbons (Fsp3) is 1.00. The summed E-state index contributed by atoms with van der Waals surface area (Å²) < 4.78 is 0. The highest BCUT2D eigenvalue weighted by Gasteiger charge is 2.43. The summed E-state index contributed by atoms with van der Waals surface area (Å²) in [4.78, 5) is 0. The molecule has 3 aliphatic carbocycles. The van der Waals surface area contributed by atoms with Crippen molar-refractivity contribution in [1.29, 1.82) is 0 Å². The van der Waals surface area contributed by atoms with Crippen LogP contribution in [0.1, 0.15) is 71.1 Å². The van der Waals surface area contributed by atoms with Crippen molar-refractivity contribution in [2.24, 2.45) is 23.2 Å². The second-order valence-corrected chi connectivity index (χ2v) is 7.40. The first-order valence-corrected chi connectivity index (χ1v) is 7.85. The average molecular weight is 236 g/mol. The smallest absolute Gasteiger partial charge is 0.0596 e. The van der Waals surface area contributed by atoms with Crippen molar-refractivity contribution in [2.45, 2.75) is 77.2 Å². The van der Waals surface area contributed by atoms with Crippen molar-refractivity contribution in [3.63, 3.8) is 0 Å². The normalized spacial score (nSPS) is 41.6. The minimum atomic E-state index is -0.0212. The van der Waals surface area contributed by atoms with Crippen LogP contribution in [0.15, 0.2) is 0 Å². The predicted octanol–water partition coefficient (Wildman–Crippen LogP) is 4.14. The van der Waals surface area contributed by atoms with Gasteiger partial charge in [0.2, 0.25) is 0 Å². The zero-order valence-electron chi connectivity index (χ0n) is 11.3. The Morgan fingerprint density at radius 3 is 2.47 bits per heavy atom. The lowest BCUT2D eigenvalue weighted by Gasteiger charge is -2.40. The SMILES string of the molecule is CC1(C(O)CC2CC3CCC2C3)CCCCC1. The lowest BCUT2D eigenvalue weighted by molar-refractivity contribution is -0.0117. The maximum Gasteiger partial charge on any atom is 0.0596 e. The van der Waals surface area contributed by atoms with Crippen LogP contribution in [0.3, 0.4) is 0 Å². The summed E-state index contributed by atoms with van der Waals surface area (Å²) in [6, 6.07) is 0. The van der Waals surface area contributed by atoms with Gasteiger partial charge in [-0.25, -0.2) is 0 Å². The Labute approximate surface area is 106 Å². The molecule has 0 aromatic rings. The molecule has 1 N–H and O–H groups in total. The van der Waals surface area contributed by atoms with Crippen molar-refractivity contribution in [3.8, 4) is 0 Å². The molecule has 0 spiro atoms. The minimum absolute atomic E-state index is 0.0212. The number of aliphatic hydroxyl groups is 1. The molecular formula is C16H28O. The van der Waals surface area contributed by atoms with Gasteiger partial charge in [-0.05, 0) is 61.7 Å². The molecular weight excluding hydrogens is 208 g/mol. The summed E-state index contributed by atoms with van der Waals surface area (Å²) >= 11 is 0. The van der Waals surface area contributed by atoms with E-state index in [-0.39, 0.29) is 11.5 Å². The van der Waals surface area contributed by atoms with Crippen molar-refractivity contribution in [1.82, 2.24) is 0 Å². The van der Waals surface area contributed by atoms with E-state index in [1.807, 2.05) is 0 Å². The Bertz CT molecular complexity index is 267. The molecule has 1 nitrogen and oxygen atoms in total. The van der Waals surface area contributed by atoms with Crippen molar-refractivity contribution < 1.29 is 5.11 Å². The zero-order valence-corrected chi connectivity index (χ0v) is 11.3. The summed E-state index contributed by atoms with van der Waals surface area (Å²) in [5.41, 5.74) is 0.250. The maximum absolute atomic E-state index is 10.6. The van der Waals surface area contributed by atoms with Gasteiger partial charge in [0.1, 0.15) is 0 Å². The highest BCUT2D eigenvalue weighted by Crippen LogP contribution is 2.51. The van der Waals surface area contributed by atoms with Crippen LogP contribution in [0, 0.1) is 23.2 Å². The quantitative estimate of drug-likeness (QED) is 0.780. The highest BCUT2D eigenvalue weighted by atomic mass is 16.3. The van der Waals surface area contributed by atoms with Gasteiger partial charge in [-0.15, -0.1) is 0 Å². The molecule has 0 aromatic carbocycles. The van der Waals surface area contributed by atoms with Crippen LogP contribution in [0.25, 0.3) is 0 Å². The summed E-state index contributed by atoms with van der Waals surface area (Å²) in [7, 11) is 0. The molecule has 0 amide bonds. The third-order valence-electron chi connectivity index (χ3n) is 6.21. The first kappa shape index (κ1) is 12.0. The van der Waals surface area contributed by atoms with Gasteiger partial charge in [0.05, 0.1) is 6.10 Å². The van der Waals surface area contributed by atoms with Gasteiger partial charge < -0.3 is 5.11 Å². The monoisotopic (exact) mass is 236 g/mol. The molecule has 4 unspecified atom stereocenters. The summed E-state index contributed by atoms with van der Waals surface area (Å²) in [5.74, 6) is 2.86. The second kappa shape index (κ2) is 4.57. The number of hydrogen-bond donors (Lipinski definition) is 1. The van der Waals surface area contributed by atoms with Crippen molar-refractivity contribution in [2.75, 3.05) is 0 Å². The summed E-state index contributed by atoms with van der Waals surface area (Å²) in [6.07, 6.45) is 13.5. The Balaban J connectivity index is 1.57.